The van der Waals surface area contributed by atoms with Crippen LogP contribution in [0, 0.1) is 19.8 Å². The van der Waals surface area contributed by atoms with Crippen LogP contribution >= 0.6 is 0 Å². The molecule has 2 heterocycles. The maximum Gasteiger partial charge on any atom is 0.262 e. The molecular weight excluding hydrogens is 418 g/mol. The van der Waals surface area contributed by atoms with E-state index in [4.69, 9.17) is 4.74 Å². The summed E-state index contributed by atoms with van der Waals surface area (Å²) in [6.07, 6.45) is 1.21. The number of hydrogen-bond acceptors (Lipinski definition) is 5. The van der Waals surface area contributed by atoms with Crippen LogP contribution in [0.25, 0.3) is 0 Å². The Bertz CT molecular complexity index is 1150. The van der Waals surface area contributed by atoms with Gasteiger partial charge in [-0.1, -0.05) is 17.7 Å². The summed E-state index contributed by atoms with van der Waals surface area (Å²) in [4.78, 5) is 24.5. The summed E-state index contributed by atoms with van der Waals surface area (Å²) in [5.74, 6) is -0.520. The largest absolute Gasteiger partial charge is 0.482 e. The SMILES string of the molecule is Cc1ccc(NC(=O)[C@@H]2CCCN(S(=O)(=O)c3ccc4c(c3)NC(=O)CO4)C2)c(C)c1. The average Bonchev–Trinajstić information content (AvgIpc) is 2.75. The minimum Gasteiger partial charge on any atom is -0.482 e. The molecule has 2 N–H and O–H groups in total. The number of anilines is 2. The van der Waals surface area contributed by atoms with Crippen molar-refractivity contribution < 1.29 is 22.7 Å². The molecule has 0 bridgehead atoms. The van der Waals surface area contributed by atoms with Gasteiger partial charge in [0.15, 0.2) is 6.61 Å². The van der Waals surface area contributed by atoms with Crippen LogP contribution in [-0.4, -0.2) is 44.2 Å². The number of piperidine rings is 1. The van der Waals surface area contributed by atoms with Gasteiger partial charge < -0.3 is 15.4 Å². The van der Waals surface area contributed by atoms with Crippen LogP contribution in [0.3, 0.4) is 0 Å². The Labute approximate surface area is 181 Å². The third-order valence-corrected chi connectivity index (χ3v) is 7.48. The molecule has 31 heavy (non-hydrogen) atoms. The smallest absolute Gasteiger partial charge is 0.262 e. The van der Waals surface area contributed by atoms with Gasteiger partial charge >= 0.3 is 0 Å². The molecule has 0 saturated carbocycles. The number of sulfonamides is 1. The Morgan fingerprint density at radius 1 is 1.19 bits per heavy atom. The number of amides is 2. The van der Waals surface area contributed by atoms with Crippen molar-refractivity contribution in [2.24, 2.45) is 5.92 Å². The number of nitrogens with one attached hydrogen (secondary N) is 2. The zero-order valence-corrected chi connectivity index (χ0v) is 18.3. The minimum absolute atomic E-state index is 0.0625. The van der Waals surface area contributed by atoms with E-state index >= 15 is 0 Å². The van der Waals surface area contributed by atoms with Crippen molar-refractivity contribution in [3.05, 3.63) is 47.5 Å². The van der Waals surface area contributed by atoms with E-state index in [9.17, 15) is 18.0 Å². The predicted octanol–water partition coefficient (Wildman–Crippen LogP) is 2.67. The molecule has 2 aromatic rings. The molecule has 1 fully saturated rings. The first-order chi connectivity index (χ1) is 14.7. The summed E-state index contributed by atoms with van der Waals surface area (Å²) in [5.41, 5.74) is 3.14. The summed E-state index contributed by atoms with van der Waals surface area (Å²) >= 11 is 0. The van der Waals surface area contributed by atoms with Crippen LogP contribution in [0.5, 0.6) is 5.75 Å². The number of rotatable bonds is 4. The monoisotopic (exact) mass is 443 g/mol. The van der Waals surface area contributed by atoms with E-state index in [0.29, 0.717) is 30.8 Å². The number of aryl methyl sites for hydroxylation is 2. The third kappa shape index (κ3) is 4.42. The normalized spacial score (nSPS) is 19.2. The summed E-state index contributed by atoms with van der Waals surface area (Å²) in [6.45, 7) is 4.27. The number of fused-ring (bicyclic) bond motifs is 1. The van der Waals surface area contributed by atoms with Crippen LogP contribution in [-0.2, 0) is 19.6 Å². The molecular formula is C22H25N3O5S. The van der Waals surface area contributed by atoms with Gasteiger partial charge in [0.1, 0.15) is 5.75 Å². The van der Waals surface area contributed by atoms with Crippen molar-refractivity contribution in [3.8, 4) is 5.75 Å². The number of carbonyl (C=O) groups excluding carboxylic acids is 2. The molecule has 0 aliphatic carbocycles. The molecule has 0 radical (unpaired) electrons. The van der Waals surface area contributed by atoms with Gasteiger partial charge in [-0.25, -0.2) is 8.42 Å². The number of benzene rings is 2. The van der Waals surface area contributed by atoms with Crippen LogP contribution in [0.4, 0.5) is 11.4 Å². The van der Waals surface area contributed by atoms with Gasteiger partial charge in [-0.3, -0.25) is 9.59 Å². The molecule has 1 saturated heterocycles. The highest BCUT2D eigenvalue weighted by Crippen LogP contribution is 2.32. The fourth-order valence-corrected chi connectivity index (χ4v) is 5.49. The number of hydrogen-bond donors (Lipinski definition) is 2. The van der Waals surface area contributed by atoms with Crippen molar-refractivity contribution in [1.82, 2.24) is 4.31 Å². The molecule has 2 aliphatic rings. The van der Waals surface area contributed by atoms with E-state index in [0.717, 1.165) is 16.8 Å². The summed E-state index contributed by atoms with van der Waals surface area (Å²) < 4.78 is 33.1. The standard InChI is InChI=1S/C22H25N3O5S/c1-14-5-7-18(15(2)10-14)24-22(27)16-4-3-9-25(12-16)31(28,29)17-6-8-20-19(11-17)23-21(26)13-30-20/h5-8,10-11,16H,3-4,9,12-13H2,1-2H3,(H,23,26)(H,24,27)/t16-/m1/s1. The molecule has 2 amide bonds. The van der Waals surface area contributed by atoms with Gasteiger partial charge in [-0.05, 0) is 56.5 Å². The molecule has 1 atom stereocenters. The maximum atomic E-state index is 13.2. The van der Waals surface area contributed by atoms with Crippen LogP contribution in [0.1, 0.15) is 24.0 Å². The molecule has 4 rings (SSSR count). The van der Waals surface area contributed by atoms with E-state index in [1.54, 1.807) is 0 Å². The molecule has 0 spiro atoms. The van der Waals surface area contributed by atoms with Gasteiger partial charge in [-0.2, -0.15) is 4.31 Å². The van der Waals surface area contributed by atoms with Crippen molar-refractivity contribution >= 4 is 33.2 Å². The molecule has 164 valence electrons. The van der Waals surface area contributed by atoms with Gasteiger partial charge in [0, 0.05) is 18.8 Å². The lowest BCUT2D eigenvalue weighted by molar-refractivity contribution is -0.121. The van der Waals surface area contributed by atoms with Gasteiger partial charge in [0.25, 0.3) is 5.91 Å². The minimum atomic E-state index is -3.82. The van der Waals surface area contributed by atoms with Crippen LogP contribution in [0.15, 0.2) is 41.3 Å². The number of carbonyl (C=O) groups is 2. The van der Waals surface area contributed by atoms with E-state index in [-0.39, 0.29) is 29.9 Å². The molecule has 9 heteroatoms. The lowest BCUT2D eigenvalue weighted by atomic mass is 9.98. The van der Waals surface area contributed by atoms with Crippen LogP contribution < -0.4 is 15.4 Å². The lowest BCUT2D eigenvalue weighted by Crippen LogP contribution is -2.43. The second-order valence-corrected chi connectivity index (χ2v) is 9.94. The molecule has 8 nitrogen and oxygen atoms in total. The lowest BCUT2D eigenvalue weighted by Gasteiger charge is -2.31. The molecule has 2 aromatic carbocycles. The van der Waals surface area contributed by atoms with Gasteiger partial charge in [-0.15, -0.1) is 0 Å². The van der Waals surface area contributed by atoms with E-state index in [1.807, 2.05) is 32.0 Å². The average molecular weight is 444 g/mol. The Balaban J connectivity index is 1.50. The highest BCUT2D eigenvalue weighted by molar-refractivity contribution is 7.89. The van der Waals surface area contributed by atoms with Crippen LogP contribution in [0.2, 0.25) is 0 Å². The summed E-state index contributed by atoms with van der Waals surface area (Å²) in [6, 6.07) is 10.2. The quantitative estimate of drug-likeness (QED) is 0.756. The Kier molecular flexibility index (Phi) is 5.72. The van der Waals surface area contributed by atoms with Gasteiger partial charge in [0.2, 0.25) is 15.9 Å². The van der Waals surface area contributed by atoms with Crippen molar-refractivity contribution in [3.63, 3.8) is 0 Å². The first-order valence-corrected chi connectivity index (χ1v) is 11.6. The third-order valence-electron chi connectivity index (χ3n) is 5.62. The van der Waals surface area contributed by atoms with E-state index < -0.39 is 15.9 Å². The molecule has 0 unspecified atom stereocenters. The second-order valence-electron chi connectivity index (χ2n) is 8.00. The highest BCUT2D eigenvalue weighted by Gasteiger charge is 2.34. The Morgan fingerprint density at radius 2 is 2.00 bits per heavy atom. The molecule has 2 aliphatic heterocycles. The number of ether oxygens (including phenoxy) is 1. The fourth-order valence-electron chi connectivity index (χ4n) is 3.94. The topological polar surface area (TPSA) is 105 Å². The number of nitrogens with zero attached hydrogens (tertiary/aromatic N) is 1. The first kappa shape index (κ1) is 21.3. The predicted molar refractivity (Wildman–Crippen MR) is 117 cm³/mol. The molecule has 0 aromatic heterocycles. The zero-order chi connectivity index (χ0) is 22.2. The van der Waals surface area contributed by atoms with Crippen molar-refractivity contribution in [1.29, 1.82) is 0 Å². The second kappa shape index (κ2) is 8.32. The van der Waals surface area contributed by atoms with E-state index in [1.165, 1.54) is 22.5 Å². The first-order valence-electron chi connectivity index (χ1n) is 10.2. The van der Waals surface area contributed by atoms with Gasteiger partial charge in [0.05, 0.1) is 16.5 Å². The maximum absolute atomic E-state index is 13.2. The Morgan fingerprint density at radius 3 is 2.77 bits per heavy atom. The Hall–Kier alpha value is -2.91. The summed E-state index contributed by atoms with van der Waals surface area (Å²) in [5, 5.41) is 5.57. The highest BCUT2D eigenvalue weighted by atomic mass is 32.2. The summed E-state index contributed by atoms with van der Waals surface area (Å²) in [7, 11) is -3.82. The van der Waals surface area contributed by atoms with E-state index in [2.05, 4.69) is 10.6 Å². The fraction of sp³-hybridized carbons (Fsp3) is 0.364. The van der Waals surface area contributed by atoms with Crippen molar-refractivity contribution in [2.75, 3.05) is 30.3 Å². The zero-order valence-electron chi connectivity index (χ0n) is 17.5. The van der Waals surface area contributed by atoms with Crippen molar-refractivity contribution in [2.45, 2.75) is 31.6 Å².